The van der Waals surface area contributed by atoms with E-state index < -0.39 is 29.0 Å². The standard InChI is InChI=1S/C14H14F3NO3/c15-14(16,17)10-4-1-3-9(7-10)8-18-11(19)13(12(20)21)5-2-6-13/h1,3-4,7H,2,5-6,8H2,(H,18,19)(H,20,21). The Balaban J connectivity index is 2.03. The van der Waals surface area contributed by atoms with E-state index in [2.05, 4.69) is 5.32 Å². The molecule has 1 aliphatic rings. The first-order chi connectivity index (χ1) is 9.75. The molecule has 2 rings (SSSR count). The maximum atomic E-state index is 12.6. The molecule has 0 bridgehead atoms. The van der Waals surface area contributed by atoms with E-state index in [1.807, 2.05) is 0 Å². The predicted molar refractivity (Wildman–Crippen MR) is 67.2 cm³/mol. The zero-order chi connectivity index (χ0) is 15.7. The fourth-order valence-corrected chi connectivity index (χ4v) is 2.28. The maximum absolute atomic E-state index is 12.6. The highest BCUT2D eigenvalue weighted by molar-refractivity contribution is 6.02. The lowest BCUT2D eigenvalue weighted by atomic mass is 9.68. The lowest BCUT2D eigenvalue weighted by Gasteiger charge is -2.35. The van der Waals surface area contributed by atoms with Crippen molar-refractivity contribution in [3.8, 4) is 0 Å². The summed E-state index contributed by atoms with van der Waals surface area (Å²) < 4.78 is 37.7. The van der Waals surface area contributed by atoms with Crippen LogP contribution in [0.25, 0.3) is 0 Å². The van der Waals surface area contributed by atoms with Crippen molar-refractivity contribution >= 4 is 11.9 Å². The Morgan fingerprint density at radius 2 is 1.95 bits per heavy atom. The number of rotatable bonds is 4. The van der Waals surface area contributed by atoms with Gasteiger partial charge in [-0.3, -0.25) is 9.59 Å². The lowest BCUT2D eigenvalue weighted by Crippen LogP contribution is -2.50. The van der Waals surface area contributed by atoms with Crippen LogP contribution in [0.15, 0.2) is 24.3 Å². The van der Waals surface area contributed by atoms with Crippen LogP contribution in [0.3, 0.4) is 0 Å². The molecule has 2 N–H and O–H groups in total. The number of aliphatic carboxylic acids is 1. The first-order valence-electron chi connectivity index (χ1n) is 6.43. The van der Waals surface area contributed by atoms with Gasteiger partial charge < -0.3 is 10.4 Å². The monoisotopic (exact) mass is 301 g/mol. The van der Waals surface area contributed by atoms with Gasteiger partial charge in [0.05, 0.1) is 5.56 Å². The summed E-state index contributed by atoms with van der Waals surface area (Å²) >= 11 is 0. The van der Waals surface area contributed by atoms with E-state index in [-0.39, 0.29) is 24.9 Å². The third-order valence-corrected chi connectivity index (χ3v) is 3.76. The number of nitrogens with one attached hydrogen (secondary N) is 1. The molecule has 4 nitrogen and oxygen atoms in total. The Labute approximate surface area is 119 Å². The molecule has 1 aliphatic carbocycles. The molecule has 1 amide bonds. The topological polar surface area (TPSA) is 66.4 Å². The summed E-state index contributed by atoms with van der Waals surface area (Å²) in [4.78, 5) is 23.1. The minimum atomic E-state index is -4.45. The van der Waals surface area contributed by atoms with Crippen LogP contribution in [0.5, 0.6) is 0 Å². The van der Waals surface area contributed by atoms with E-state index in [9.17, 15) is 22.8 Å². The summed E-state index contributed by atoms with van der Waals surface area (Å²) in [6, 6.07) is 4.58. The van der Waals surface area contributed by atoms with Gasteiger partial charge >= 0.3 is 12.1 Å². The number of amides is 1. The zero-order valence-corrected chi connectivity index (χ0v) is 11.0. The Morgan fingerprint density at radius 3 is 2.43 bits per heavy atom. The van der Waals surface area contributed by atoms with Gasteiger partial charge in [-0.2, -0.15) is 13.2 Å². The predicted octanol–water partition coefficient (Wildman–Crippen LogP) is 2.58. The van der Waals surface area contributed by atoms with Gasteiger partial charge in [0, 0.05) is 6.54 Å². The number of carbonyl (C=O) groups excluding carboxylic acids is 1. The lowest BCUT2D eigenvalue weighted by molar-refractivity contribution is -0.162. The van der Waals surface area contributed by atoms with E-state index in [1.54, 1.807) is 0 Å². The highest BCUT2D eigenvalue weighted by atomic mass is 19.4. The van der Waals surface area contributed by atoms with Crippen molar-refractivity contribution < 1.29 is 27.9 Å². The van der Waals surface area contributed by atoms with Gasteiger partial charge in [0.1, 0.15) is 5.41 Å². The van der Waals surface area contributed by atoms with E-state index in [0.717, 1.165) is 12.1 Å². The molecule has 21 heavy (non-hydrogen) atoms. The number of hydrogen-bond acceptors (Lipinski definition) is 2. The molecule has 0 saturated heterocycles. The molecule has 0 unspecified atom stereocenters. The second-order valence-electron chi connectivity index (χ2n) is 5.12. The summed E-state index contributed by atoms with van der Waals surface area (Å²) in [6.07, 6.45) is -3.27. The molecule has 1 saturated carbocycles. The van der Waals surface area contributed by atoms with Gasteiger partial charge in [-0.15, -0.1) is 0 Å². The van der Waals surface area contributed by atoms with E-state index in [0.29, 0.717) is 6.42 Å². The third kappa shape index (κ3) is 3.01. The van der Waals surface area contributed by atoms with Crippen molar-refractivity contribution in [3.63, 3.8) is 0 Å². The van der Waals surface area contributed by atoms with Crippen molar-refractivity contribution in [2.24, 2.45) is 5.41 Å². The van der Waals surface area contributed by atoms with Gasteiger partial charge in [-0.1, -0.05) is 18.6 Å². The number of halogens is 3. The smallest absolute Gasteiger partial charge is 0.416 e. The van der Waals surface area contributed by atoms with Gasteiger partial charge in [0.15, 0.2) is 0 Å². The zero-order valence-electron chi connectivity index (χ0n) is 11.0. The number of benzene rings is 1. The van der Waals surface area contributed by atoms with Crippen molar-refractivity contribution in [1.29, 1.82) is 0 Å². The molecule has 0 atom stereocenters. The van der Waals surface area contributed by atoms with Crippen LogP contribution in [0.1, 0.15) is 30.4 Å². The van der Waals surface area contributed by atoms with Crippen LogP contribution in [-0.2, 0) is 22.3 Å². The molecule has 1 aromatic rings. The summed E-state index contributed by atoms with van der Waals surface area (Å²) in [5, 5.41) is 11.5. The third-order valence-electron chi connectivity index (χ3n) is 3.76. The molecule has 0 aliphatic heterocycles. The highest BCUT2D eigenvalue weighted by Gasteiger charge is 2.51. The van der Waals surface area contributed by atoms with Gasteiger partial charge in [0.2, 0.25) is 5.91 Å². The maximum Gasteiger partial charge on any atom is 0.416 e. The highest BCUT2D eigenvalue weighted by Crippen LogP contribution is 2.41. The Hall–Kier alpha value is -2.05. The summed E-state index contributed by atoms with van der Waals surface area (Å²) in [5.41, 5.74) is -1.94. The Kier molecular flexibility index (Phi) is 3.93. The molecular weight excluding hydrogens is 287 g/mol. The largest absolute Gasteiger partial charge is 0.480 e. The number of alkyl halides is 3. The van der Waals surface area contributed by atoms with Crippen molar-refractivity contribution in [2.75, 3.05) is 0 Å². The van der Waals surface area contributed by atoms with Gasteiger partial charge in [-0.05, 0) is 30.5 Å². The summed E-state index contributed by atoms with van der Waals surface area (Å²) in [5.74, 6) is -1.83. The summed E-state index contributed by atoms with van der Waals surface area (Å²) in [6.45, 7) is -0.127. The first-order valence-corrected chi connectivity index (χ1v) is 6.43. The molecule has 0 aromatic heterocycles. The fourth-order valence-electron chi connectivity index (χ4n) is 2.28. The minimum absolute atomic E-state index is 0.127. The van der Waals surface area contributed by atoms with E-state index in [1.165, 1.54) is 12.1 Å². The fraction of sp³-hybridized carbons (Fsp3) is 0.429. The number of carbonyl (C=O) groups is 2. The van der Waals surface area contributed by atoms with Crippen molar-refractivity contribution in [3.05, 3.63) is 35.4 Å². The second kappa shape index (κ2) is 5.38. The normalized spacial score (nSPS) is 16.9. The quantitative estimate of drug-likeness (QED) is 0.840. The summed E-state index contributed by atoms with van der Waals surface area (Å²) in [7, 11) is 0. The van der Waals surface area contributed by atoms with Crippen molar-refractivity contribution in [2.45, 2.75) is 32.0 Å². The number of carboxylic acids is 1. The Morgan fingerprint density at radius 1 is 1.29 bits per heavy atom. The van der Waals surface area contributed by atoms with Crippen LogP contribution in [-0.4, -0.2) is 17.0 Å². The van der Waals surface area contributed by atoms with Crippen molar-refractivity contribution in [1.82, 2.24) is 5.32 Å². The minimum Gasteiger partial charge on any atom is -0.480 e. The average Bonchev–Trinajstić information content (AvgIpc) is 2.34. The van der Waals surface area contributed by atoms with Crippen LogP contribution in [0.4, 0.5) is 13.2 Å². The molecule has 0 heterocycles. The van der Waals surface area contributed by atoms with E-state index >= 15 is 0 Å². The SMILES string of the molecule is O=C(O)C1(C(=O)NCc2cccc(C(F)(F)F)c2)CCC1. The molecule has 7 heteroatoms. The second-order valence-corrected chi connectivity index (χ2v) is 5.12. The van der Waals surface area contributed by atoms with Crippen LogP contribution >= 0.6 is 0 Å². The van der Waals surface area contributed by atoms with E-state index in [4.69, 9.17) is 5.11 Å². The first kappa shape index (κ1) is 15.3. The average molecular weight is 301 g/mol. The number of hydrogen-bond donors (Lipinski definition) is 2. The van der Waals surface area contributed by atoms with Crippen LogP contribution in [0, 0.1) is 5.41 Å². The van der Waals surface area contributed by atoms with Crippen LogP contribution in [0.2, 0.25) is 0 Å². The Bertz CT molecular complexity index is 565. The molecule has 114 valence electrons. The number of carboxylic acid groups (broad SMARTS) is 1. The molecule has 1 fully saturated rings. The van der Waals surface area contributed by atoms with Gasteiger partial charge in [0.25, 0.3) is 0 Å². The molecular formula is C14H14F3NO3. The molecule has 1 aromatic carbocycles. The molecule has 0 spiro atoms. The molecule has 0 radical (unpaired) electrons. The van der Waals surface area contributed by atoms with Crippen LogP contribution < -0.4 is 5.32 Å². The van der Waals surface area contributed by atoms with Gasteiger partial charge in [-0.25, -0.2) is 0 Å².